The van der Waals surface area contributed by atoms with Crippen LogP contribution in [0.2, 0.25) is 0 Å². The lowest BCUT2D eigenvalue weighted by molar-refractivity contribution is -0.126. The standard InChI is InChI=1S/C16H23N3O4/c1-22-13-6-5-11(14(8-13)23-2)9-18-15(20)12-4-3-7-19(10-12)16(17)21/h5-6,8,12H,3-4,7,9-10H2,1-2H3,(H2,17,21)(H,18,20)/t12-/m0/s1. The van der Waals surface area contributed by atoms with Crippen LogP contribution in [0.1, 0.15) is 18.4 Å². The summed E-state index contributed by atoms with van der Waals surface area (Å²) in [6.07, 6.45) is 1.54. The molecule has 0 bridgehead atoms. The van der Waals surface area contributed by atoms with Crippen LogP contribution in [0.15, 0.2) is 18.2 Å². The average molecular weight is 321 g/mol. The number of primary amides is 1. The Kier molecular flexibility index (Phi) is 5.67. The second-order valence-electron chi connectivity index (χ2n) is 5.52. The maximum Gasteiger partial charge on any atom is 0.314 e. The molecule has 1 aliphatic rings. The van der Waals surface area contributed by atoms with Gasteiger partial charge in [0.1, 0.15) is 11.5 Å². The molecule has 23 heavy (non-hydrogen) atoms. The smallest absolute Gasteiger partial charge is 0.314 e. The molecule has 7 nitrogen and oxygen atoms in total. The number of hydrogen-bond donors (Lipinski definition) is 2. The molecule has 1 aliphatic heterocycles. The van der Waals surface area contributed by atoms with Crippen LogP contribution in [0, 0.1) is 5.92 Å². The Bertz CT molecular complexity index is 576. The van der Waals surface area contributed by atoms with Crippen LogP contribution in [-0.2, 0) is 11.3 Å². The maximum atomic E-state index is 12.3. The molecule has 1 aromatic carbocycles. The lowest BCUT2D eigenvalue weighted by Gasteiger charge is -2.30. The molecule has 3 N–H and O–H groups in total. The fourth-order valence-corrected chi connectivity index (χ4v) is 2.72. The Morgan fingerprint density at radius 3 is 2.78 bits per heavy atom. The van der Waals surface area contributed by atoms with Crippen LogP contribution >= 0.6 is 0 Å². The molecule has 1 atom stereocenters. The van der Waals surface area contributed by atoms with Gasteiger partial charge in [-0.3, -0.25) is 4.79 Å². The summed E-state index contributed by atoms with van der Waals surface area (Å²) >= 11 is 0. The number of nitrogens with zero attached hydrogens (tertiary/aromatic N) is 1. The first-order valence-corrected chi connectivity index (χ1v) is 7.58. The zero-order valence-corrected chi connectivity index (χ0v) is 13.5. The number of amides is 3. The van der Waals surface area contributed by atoms with Crippen molar-refractivity contribution < 1.29 is 19.1 Å². The van der Waals surface area contributed by atoms with Crippen molar-refractivity contribution in [3.05, 3.63) is 23.8 Å². The number of nitrogens with one attached hydrogen (secondary N) is 1. The van der Waals surface area contributed by atoms with Gasteiger partial charge < -0.3 is 25.4 Å². The molecule has 7 heteroatoms. The van der Waals surface area contributed by atoms with E-state index < -0.39 is 6.03 Å². The van der Waals surface area contributed by atoms with Gasteiger partial charge in [-0.05, 0) is 25.0 Å². The third kappa shape index (κ3) is 4.28. The zero-order chi connectivity index (χ0) is 16.8. The van der Waals surface area contributed by atoms with Crippen molar-refractivity contribution >= 4 is 11.9 Å². The minimum absolute atomic E-state index is 0.0752. The summed E-state index contributed by atoms with van der Waals surface area (Å²) in [6.45, 7) is 1.35. The monoisotopic (exact) mass is 321 g/mol. The highest BCUT2D eigenvalue weighted by atomic mass is 16.5. The third-order valence-electron chi connectivity index (χ3n) is 4.05. The van der Waals surface area contributed by atoms with E-state index in [0.717, 1.165) is 18.4 Å². The molecule has 3 amide bonds. The van der Waals surface area contributed by atoms with Crippen molar-refractivity contribution in [1.29, 1.82) is 0 Å². The van der Waals surface area contributed by atoms with Crippen LogP contribution in [0.3, 0.4) is 0 Å². The minimum atomic E-state index is -0.473. The molecule has 1 saturated heterocycles. The Morgan fingerprint density at radius 2 is 2.13 bits per heavy atom. The summed E-state index contributed by atoms with van der Waals surface area (Å²) in [7, 11) is 3.16. The van der Waals surface area contributed by atoms with E-state index in [9.17, 15) is 9.59 Å². The zero-order valence-electron chi connectivity index (χ0n) is 13.5. The number of methoxy groups -OCH3 is 2. The first kappa shape index (κ1) is 16.9. The van der Waals surface area contributed by atoms with Gasteiger partial charge in [-0.1, -0.05) is 0 Å². The van der Waals surface area contributed by atoms with Gasteiger partial charge in [0.25, 0.3) is 0 Å². The number of ether oxygens (including phenoxy) is 2. The Morgan fingerprint density at radius 1 is 1.35 bits per heavy atom. The van der Waals surface area contributed by atoms with Crippen molar-refractivity contribution in [1.82, 2.24) is 10.2 Å². The highest BCUT2D eigenvalue weighted by Crippen LogP contribution is 2.24. The van der Waals surface area contributed by atoms with Gasteiger partial charge in [-0.2, -0.15) is 0 Å². The number of likely N-dealkylation sites (tertiary alicyclic amines) is 1. The highest BCUT2D eigenvalue weighted by molar-refractivity contribution is 5.80. The maximum absolute atomic E-state index is 12.3. The molecule has 1 fully saturated rings. The molecule has 2 rings (SSSR count). The Balaban J connectivity index is 1.95. The van der Waals surface area contributed by atoms with Crippen LogP contribution in [0.4, 0.5) is 4.79 Å². The van der Waals surface area contributed by atoms with Crippen molar-refractivity contribution in [2.45, 2.75) is 19.4 Å². The molecule has 0 aliphatic carbocycles. The number of nitrogens with two attached hydrogens (primary N) is 1. The number of carbonyl (C=O) groups is 2. The van der Waals surface area contributed by atoms with Gasteiger partial charge in [0.05, 0.1) is 20.1 Å². The van der Waals surface area contributed by atoms with Gasteiger partial charge >= 0.3 is 6.03 Å². The number of benzene rings is 1. The molecule has 0 aromatic heterocycles. The summed E-state index contributed by atoms with van der Waals surface area (Å²) in [5, 5.41) is 2.90. The number of carbonyl (C=O) groups excluding carboxylic acids is 2. The average Bonchev–Trinajstić information content (AvgIpc) is 2.59. The van der Waals surface area contributed by atoms with Gasteiger partial charge in [0, 0.05) is 31.3 Å². The molecule has 0 spiro atoms. The summed E-state index contributed by atoms with van der Waals surface area (Å²) in [5.41, 5.74) is 6.15. The van der Waals surface area contributed by atoms with Crippen LogP contribution < -0.4 is 20.5 Å². The quantitative estimate of drug-likeness (QED) is 0.849. The van der Waals surface area contributed by atoms with Gasteiger partial charge in [0.2, 0.25) is 5.91 Å². The number of urea groups is 1. The molecule has 0 unspecified atom stereocenters. The Labute approximate surface area is 135 Å². The lowest BCUT2D eigenvalue weighted by Crippen LogP contribution is -2.47. The van der Waals surface area contributed by atoms with E-state index >= 15 is 0 Å². The molecular formula is C16H23N3O4. The van der Waals surface area contributed by atoms with Crippen LogP contribution in [-0.4, -0.2) is 44.1 Å². The molecule has 126 valence electrons. The van der Waals surface area contributed by atoms with E-state index in [-0.39, 0.29) is 11.8 Å². The summed E-state index contributed by atoms with van der Waals surface area (Å²) in [5.74, 6) is 1.06. The van der Waals surface area contributed by atoms with E-state index in [4.69, 9.17) is 15.2 Å². The van der Waals surface area contributed by atoms with Crippen molar-refractivity contribution in [2.75, 3.05) is 27.3 Å². The Hall–Kier alpha value is -2.44. The fourth-order valence-electron chi connectivity index (χ4n) is 2.72. The normalized spacial score (nSPS) is 17.5. The minimum Gasteiger partial charge on any atom is -0.497 e. The fraction of sp³-hybridized carbons (Fsp3) is 0.500. The van der Waals surface area contributed by atoms with Crippen molar-refractivity contribution in [3.8, 4) is 11.5 Å². The molecule has 1 aromatic rings. The van der Waals surface area contributed by atoms with Crippen molar-refractivity contribution in [2.24, 2.45) is 11.7 Å². The van der Waals surface area contributed by atoms with Crippen LogP contribution in [0.25, 0.3) is 0 Å². The first-order chi connectivity index (χ1) is 11.0. The predicted octanol–water partition coefficient (Wildman–Crippen LogP) is 1.11. The lowest BCUT2D eigenvalue weighted by atomic mass is 9.97. The molecule has 0 radical (unpaired) electrons. The summed E-state index contributed by atoms with van der Waals surface area (Å²) in [6, 6.07) is 4.98. The molecule has 1 heterocycles. The number of hydrogen-bond acceptors (Lipinski definition) is 4. The predicted molar refractivity (Wildman–Crippen MR) is 85.3 cm³/mol. The van der Waals surface area contributed by atoms with Gasteiger partial charge in [-0.25, -0.2) is 4.79 Å². The van der Waals surface area contributed by atoms with E-state index in [0.29, 0.717) is 31.1 Å². The van der Waals surface area contributed by atoms with Gasteiger partial charge in [-0.15, -0.1) is 0 Å². The highest BCUT2D eigenvalue weighted by Gasteiger charge is 2.27. The molecular weight excluding hydrogens is 298 g/mol. The topological polar surface area (TPSA) is 93.9 Å². The van der Waals surface area contributed by atoms with E-state index in [1.54, 1.807) is 20.3 Å². The SMILES string of the molecule is COc1ccc(CNC(=O)[C@H]2CCCN(C(N)=O)C2)c(OC)c1. The number of rotatable bonds is 5. The summed E-state index contributed by atoms with van der Waals surface area (Å²) in [4.78, 5) is 25.1. The molecule has 0 saturated carbocycles. The van der Waals surface area contributed by atoms with Crippen molar-refractivity contribution in [3.63, 3.8) is 0 Å². The largest absolute Gasteiger partial charge is 0.497 e. The number of piperidine rings is 1. The van der Waals surface area contributed by atoms with Crippen LogP contribution in [0.5, 0.6) is 11.5 Å². The van der Waals surface area contributed by atoms with E-state index in [1.165, 1.54) is 4.90 Å². The van der Waals surface area contributed by atoms with E-state index in [2.05, 4.69) is 5.32 Å². The second-order valence-corrected chi connectivity index (χ2v) is 5.52. The van der Waals surface area contributed by atoms with Gasteiger partial charge in [0.15, 0.2) is 0 Å². The summed E-state index contributed by atoms with van der Waals surface area (Å²) < 4.78 is 10.5. The second kappa shape index (κ2) is 7.71. The van der Waals surface area contributed by atoms with E-state index in [1.807, 2.05) is 12.1 Å². The first-order valence-electron chi connectivity index (χ1n) is 7.58. The third-order valence-corrected chi connectivity index (χ3v) is 4.05.